The molecule has 3 rings (SSSR count). The predicted octanol–water partition coefficient (Wildman–Crippen LogP) is 3.41. The topological polar surface area (TPSA) is 87.1 Å². The Bertz CT molecular complexity index is 780. The highest BCUT2D eigenvalue weighted by atomic mass is 35.5. The number of nitrogen functional groups attached to an aromatic ring is 1. The van der Waals surface area contributed by atoms with Gasteiger partial charge in [-0.25, -0.2) is 0 Å². The first-order valence-electron chi connectivity index (χ1n) is 6.00. The van der Waals surface area contributed by atoms with Crippen molar-refractivity contribution in [1.82, 2.24) is 14.5 Å². The van der Waals surface area contributed by atoms with E-state index in [-0.39, 0.29) is 0 Å². The fourth-order valence-electron chi connectivity index (χ4n) is 1.93. The van der Waals surface area contributed by atoms with Crippen molar-refractivity contribution in [3.63, 3.8) is 0 Å². The van der Waals surface area contributed by atoms with Crippen molar-refractivity contribution in [3.8, 4) is 28.6 Å². The van der Waals surface area contributed by atoms with Crippen LogP contribution in [0.5, 0.6) is 5.75 Å². The molecule has 0 amide bonds. The lowest BCUT2D eigenvalue weighted by atomic mass is 10.2. The number of aryl methyl sites for hydroxylation is 1. The summed E-state index contributed by atoms with van der Waals surface area (Å²) in [6.45, 7) is 1.84. The number of nitrogens with zero attached hydrogens (tertiary/aromatic N) is 3. The zero-order valence-corrected chi connectivity index (χ0v) is 12.8. The van der Waals surface area contributed by atoms with Gasteiger partial charge in [-0.3, -0.25) is 0 Å². The predicted molar refractivity (Wildman–Crippen MR) is 81.6 cm³/mol. The second-order valence-corrected chi connectivity index (χ2v) is 5.52. The molecule has 2 N–H and O–H groups in total. The molecule has 0 fully saturated rings. The minimum atomic E-state index is 0.339. The lowest BCUT2D eigenvalue weighted by Gasteiger charge is -2.04. The number of anilines is 1. The van der Waals surface area contributed by atoms with Gasteiger partial charge in [0.15, 0.2) is 0 Å². The van der Waals surface area contributed by atoms with Crippen LogP contribution in [-0.4, -0.2) is 21.6 Å². The molecule has 0 saturated carbocycles. The third-order valence-electron chi connectivity index (χ3n) is 2.93. The summed E-state index contributed by atoms with van der Waals surface area (Å²) in [5.74, 6) is 1.32. The van der Waals surface area contributed by atoms with Gasteiger partial charge >= 0.3 is 0 Å². The molecule has 2 heterocycles. The van der Waals surface area contributed by atoms with Crippen molar-refractivity contribution in [1.29, 1.82) is 0 Å². The molecular formula is C13H11ClN4O2S. The maximum Gasteiger partial charge on any atom is 0.263 e. The van der Waals surface area contributed by atoms with Gasteiger partial charge in [0, 0.05) is 5.02 Å². The number of hydrogen-bond acceptors (Lipinski definition) is 7. The summed E-state index contributed by atoms with van der Waals surface area (Å²) in [6, 6.07) is 5.21. The van der Waals surface area contributed by atoms with Crippen LogP contribution in [0.2, 0.25) is 5.02 Å². The van der Waals surface area contributed by atoms with Crippen LogP contribution in [0.1, 0.15) is 5.69 Å². The number of nitrogens with two attached hydrogens (primary N) is 1. The number of rotatable bonds is 3. The van der Waals surface area contributed by atoms with E-state index in [9.17, 15) is 0 Å². The monoisotopic (exact) mass is 322 g/mol. The van der Waals surface area contributed by atoms with Crippen LogP contribution in [0.3, 0.4) is 0 Å². The van der Waals surface area contributed by atoms with Gasteiger partial charge in [-0.1, -0.05) is 16.8 Å². The number of ether oxygens (including phenoxy) is 1. The summed E-state index contributed by atoms with van der Waals surface area (Å²) >= 11 is 7.14. The number of hydrogen-bond donors (Lipinski definition) is 1. The van der Waals surface area contributed by atoms with Crippen LogP contribution >= 0.6 is 23.1 Å². The maximum atomic E-state index is 5.94. The zero-order chi connectivity index (χ0) is 15.0. The number of aromatic nitrogens is 3. The number of methoxy groups -OCH3 is 1. The Labute approximate surface area is 129 Å². The van der Waals surface area contributed by atoms with E-state index in [1.165, 1.54) is 11.5 Å². The van der Waals surface area contributed by atoms with Gasteiger partial charge in [0.25, 0.3) is 5.89 Å². The zero-order valence-electron chi connectivity index (χ0n) is 11.3. The van der Waals surface area contributed by atoms with Crippen molar-refractivity contribution in [2.75, 3.05) is 12.8 Å². The third-order valence-corrected chi connectivity index (χ3v) is 3.93. The smallest absolute Gasteiger partial charge is 0.263 e. The third kappa shape index (κ3) is 2.45. The molecule has 6 nitrogen and oxygen atoms in total. The number of halogens is 1. The lowest BCUT2D eigenvalue weighted by Crippen LogP contribution is -1.90. The van der Waals surface area contributed by atoms with Crippen LogP contribution in [0.25, 0.3) is 22.8 Å². The molecule has 1 aromatic carbocycles. The normalized spacial score (nSPS) is 10.8. The first-order valence-corrected chi connectivity index (χ1v) is 7.15. The van der Waals surface area contributed by atoms with Crippen LogP contribution in [-0.2, 0) is 0 Å². The van der Waals surface area contributed by atoms with Gasteiger partial charge in [-0.2, -0.15) is 9.36 Å². The SMILES string of the molecule is COc1cc(Cl)ccc1-c1noc(-c2c(C)nsc2N)n1. The molecule has 108 valence electrons. The molecule has 2 aromatic heterocycles. The Morgan fingerprint density at radius 3 is 2.86 bits per heavy atom. The van der Waals surface area contributed by atoms with E-state index in [2.05, 4.69) is 14.5 Å². The summed E-state index contributed by atoms with van der Waals surface area (Å²) in [7, 11) is 1.56. The summed E-state index contributed by atoms with van der Waals surface area (Å²) in [5.41, 5.74) is 8.01. The van der Waals surface area contributed by atoms with Gasteiger partial charge in [0.2, 0.25) is 5.82 Å². The van der Waals surface area contributed by atoms with Crippen molar-refractivity contribution >= 4 is 28.1 Å². The van der Waals surface area contributed by atoms with E-state index in [1.54, 1.807) is 25.3 Å². The average Bonchev–Trinajstić information content (AvgIpc) is 3.05. The molecule has 0 unspecified atom stereocenters. The van der Waals surface area contributed by atoms with Gasteiger partial charge in [-0.15, -0.1) is 0 Å². The minimum absolute atomic E-state index is 0.339. The summed E-state index contributed by atoms with van der Waals surface area (Å²) in [4.78, 5) is 4.37. The minimum Gasteiger partial charge on any atom is -0.496 e. The Kier molecular flexibility index (Phi) is 3.52. The van der Waals surface area contributed by atoms with Crippen LogP contribution in [0, 0.1) is 6.92 Å². The Morgan fingerprint density at radius 2 is 2.19 bits per heavy atom. The highest BCUT2D eigenvalue weighted by molar-refractivity contribution is 7.10. The largest absolute Gasteiger partial charge is 0.496 e. The highest BCUT2D eigenvalue weighted by Crippen LogP contribution is 2.35. The van der Waals surface area contributed by atoms with Gasteiger partial charge in [0.1, 0.15) is 10.8 Å². The van der Waals surface area contributed by atoms with Crippen molar-refractivity contribution in [2.24, 2.45) is 0 Å². The second kappa shape index (κ2) is 5.34. The summed E-state index contributed by atoms with van der Waals surface area (Å²) < 4.78 is 14.7. The van der Waals surface area contributed by atoms with Crippen LogP contribution in [0.15, 0.2) is 22.7 Å². The fraction of sp³-hybridized carbons (Fsp3) is 0.154. The molecule has 0 saturated heterocycles. The quantitative estimate of drug-likeness (QED) is 0.795. The standard InChI is InChI=1S/C13H11ClN4O2S/c1-6-10(11(15)21-18-6)13-16-12(17-20-13)8-4-3-7(14)5-9(8)19-2/h3-5H,15H2,1-2H3. The number of benzene rings is 1. The van der Waals surface area contributed by atoms with E-state index >= 15 is 0 Å². The highest BCUT2D eigenvalue weighted by Gasteiger charge is 2.19. The first-order chi connectivity index (χ1) is 10.1. The van der Waals surface area contributed by atoms with E-state index in [0.717, 1.165) is 5.69 Å². The Morgan fingerprint density at radius 1 is 1.38 bits per heavy atom. The lowest BCUT2D eigenvalue weighted by molar-refractivity contribution is 0.413. The molecule has 8 heteroatoms. The molecule has 0 aliphatic carbocycles. The van der Waals surface area contributed by atoms with Crippen LogP contribution in [0.4, 0.5) is 5.00 Å². The van der Waals surface area contributed by atoms with Crippen molar-refractivity contribution in [3.05, 3.63) is 28.9 Å². The fourth-order valence-corrected chi connectivity index (χ4v) is 2.75. The van der Waals surface area contributed by atoms with Crippen molar-refractivity contribution < 1.29 is 9.26 Å². The second-order valence-electron chi connectivity index (χ2n) is 4.27. The van der Waals surface area contributed by atoms with Gasteiger partial charge < -0.3 is 15.0 Å². The maximum absolute atomic E-state index is 5.94. The molecular weight excluding hydrogens is 312 g/mol. The molecule has 0 atom stereocenters. The van der Waals surface area contributed by atoms with E-state index < -0.39 is 0 Å². The Hall–Kier alpha value is -2.12. The molecule has 0 aliphatic rings. The molecule has 0 bridgehead atoms. The first kappa shape index (κ1) is 13.8. The van der Waals surface area contributed by atoms with E-state index in [1.807, 2.05) is 6.92 Å². The summed E-state index contributed by atoms with van der Waals surface area (Å²) in [5, 5.41) is 5.09. The molecule has 21 heavy (non-hydrogen) atoms. The molecule has 3 aromatic rings. The molecule has 0 radical (unpaired) electrons. The molecule has 0 aliphatic heterocycles. The van der Waals surface area contributed by atoms with Crippen molar-refractivity contribution in [2.45, 2.75) is 6.92 Å². The average molecular weight is 323 g/mol. The van der Waals surface area contributed by atoms with Gasteiger partial charge in [-0.05, 0) is 36.7 Å². The Balaban J connectivity index is 2.07. The molecule has 0 spiro atoms. The van der Waals surface area contributed by atoms with Gasteiger partial charge in [0.05, 0.1) is 23.9 Å². The summed E-state index contributed by atoms with van der Waals surface area (Å²) in [6.07, 6.45) is 0. The van der Waals surface area contributed by atoms with E-state index in [0.29, 0.717) is 38.6 Å². The van der Waals surface area contributed by atoms with Crippen LogP contribution < -0.4 is 10.5 Å². The van der Waals surface area contributed by atoms with E-state index in [4.69, 9.17) is 26.6 Å².